The van der Waals surface area contributed by atoms with Gasteiger partial charge in [-0.05, 0) is 0 Å². The zero-order valence-electron chi connectivity index (χ0n) is 7.27. The lowest BCUT2D eigenvalue weighted by Gasteiger charge is -2.07. The largest absolute Gasteiger partial charge is 0.390 e. The maximum atomic E-state index is 9.33. The number of halogens is 1. The number of methoxy groups -OCH3 is 1. The van der Waals surface area contributed by atoms with Crippen molar-refractivity contribution in [1.82, 2.24) is 9.97 Å². The van der Waals surface area contributed by atoms with Crippen LogP contribution in [0.15, 0.2) is 12.4 Å². The molecule has 4 nitrogen and oxygen atoms in total. The Balaban J connectivity index is 2.49. The Morgan fingerprint density at radius 3 is 2.69 bits per heavy atom. The van der Waals surface area contributed by atoms with Gasteiger partial charge in [0.25, 0.3) is 0 Å². The number of rotatable bonds is 4. The van der Waals surface area contributed by atoms with E-state index in [1.165, 1.54) is 19.5 Å². The minimum atomic E-state index is -0.564. The minimum absolute atomic E-state index is 0.284. The third-order valence-corrected chi connectivity index (χ3v) is 1.65. The van der Waals surface area contributed by atoms with Crippen LogP contribution in [0.1, 0.15) is 5.82 Å². The second kappa shape index (κ2) is 5.11. The first-order chi connectivity index (χ1) is 6.22. The van der Waals surface area contributed by atoms with Crippen LogP contribution in [-0.4, -0.2) is 34.9 Å². The molecule has 0 amide bonds. The van der Waals surface area contributed by atoms with Gasteiger partial charge in [0.1, 0.15) is 5.82 Å². The van der Waals surface area contributed by atoms with Gasteiger partial charge < -0.3 is 9.84 Å². The molecule has 1 heterocycles. The van der Waals surface area contributed by atoms with Crippen LogP contribution >= 0.6 is 11.6 Å². The van der Waals surface area contributed by atoms with Crippen molar-refractivity contribution < 1.29 is 9.84 Å². The van der Waals surface area contributed by atoms with Crippen molar-refractivity contribution in [3.8, 4) is 0 Å². The van der Waals surface area contributed by atoms with Gasteiger partial charge >= 0.3 is 0 Å². The fourth-order valence-corrected chi connectivity index (χ4v) is 1.00. The molecule has 1 unspecified atom stereocenters. The number of aliphatic hydroxyl groups excluding tert-OH is 1. The first-order valence-corrected chi connectivity index (χ1v) is 4.23. The Kier molecular flexibility index (Phi) is 4.08. The molecule has 72 valence electrons. The highest BCUT2D eigenvalue weighted by Gasteiger charge is 2.06. The van der Waals surface area contributed by atoms with Crippen molar-refractivity contribution in [2.24, 2.45) is 0 Å². The molecule has 1 aromatic rings. The third-order valence-electron chi connectivity index (χ3n) is 1.45. The Morgan fingerprint density at radius 2 is 2.15 bits per heavy atom. The van der Waals surface area contributed by atoms with Crippen LogP contribution in [-0.2, 0) is 11.2 Å². The molecule has 0 aromatic carbocycles. The Bertz CT molecular complexity index is 253. The molecule has 0 spiro atoms. The van der Waals surface area contributed by atoms with E-state index in [1.54, 1.807) is 0 Å². The maximum Gasteiger partial charge on any atom is 0.130 e. The molecule has 0 bridgehead atoms. The number of ether oxygens (including phenoxy) is 1. The number of aromatic nitrogens is 2. The average Bonchev–Trinajstić information content (AvgIpc) is 2.09. The molecule has 5 heteroatoms. The fourth-order valence-electron chi connectivity index (χ4n) is 0.906. The quantitative estimate of drug-likeness (QED) is 0.780. The number of nitrogens with zero attached hydrogens (tertiary/aromatic N) is 2. The second-order valence-electron chi connectivity index (χ2n) is 2.63. The zero-order chi connectivity index (χ0) is 9.68. The molecule has 13 heavy (non-hydrogen) atoms. The van der Waals surface area contributed by atoms with E-state index >= 15 is 0 Å². The van der Waals surface area contributed by atoms with Gasteiger partial charge in [0.05, 0.1) is 17.7 Å². The van der Waals surface area contributed by atoms with E-state index < -0.39 is 6.10 Å². The van der Waals surface area contributed by atoms with E-state index in [0.29, 0.717) is 17.3 Å². The lowest BCUT2D eigenvalue weighted by atomic mass is 10.2. The molecule has 1 aromatic heterocycles. The van der Waals surface area contributed by atoms with Crippen LogP contribution < -0.4 is 0 Å². The van der Waals surface area contributed by atoms with E-state index in [-0.39, 0.29) is 6.61 Å². The minimum Gasteiger partial charge on any atom is -0.390 e. The molecule has 0 aliphatic heterocycles. The first-order valence-electron chi connectivity index (χ1n) is 3.86. The third kappa shape index (κ3) is 3.67. The SMILES string of the molecule is COCC(O)Cc1ncc(Cl)cn1. The number of hydrogen-bond acceptors (Lipinski definition) is 4. The predicted octanol–water partition coefficient (Wildman–Crippen LogP) is 0.680. The summed E-state index contributed by atoms with van der Waals surface area (Å²) in [6.07, 6.45) is 2.82. The average molecular weight is 203 g/mol. The van der Waals surface area contributed by atoms with Crippen LogP contribution in [0.3, 0.4) is 0 Å². The summed E-state index contributed by atoms with van der Waals surface area (Å²) in [7, 11) is 1.53. The van der Waals surface area contributed by atoms with Gasteiger partial charge in [-0.15, -0.1) is 0 Å². The van der Waals surface area contributed by atoms with Crippen LogP contribution in [0.2, 0.25) is 5.02 Å². The lowest BCUT2D eigenvalue weighted by molar-refractivity contribution is 0.0638. The molecule has 0 saturated carbocycles. The van der Waals surface area contributed by atoms with Crippen molar-refractivity contribution in [1.29, 1.82) is 0 Å². The molecule has 0 aliphatic carbocycles. The van der Waals surface area contributed by atoms with Crippen molar-refractivity contribution >= 4 is 11.6 Å². The van der Waals surface area contributed by atoms with Gasteiger partial charge in [-0.3, -0.25) is 0 Å². The summed E-state index contributed by atoms with van der Waals surface area (Å²) < 4.78 is 4.77. The van der Waals surface area contributed by atoms with Gasteiger partial charge in [0.2, 0.25) is 0 Å². The molecule has 0 fully saturated rings. The molecule has 1 atom stereocenters. The summed E-state index contributed by atoms with van der Waals surface area (Å²) in [6, 6.07) is 0. The smallest absolute Gasteiger partial charge is 0.130 e. The van der Waals surface area contributed by atoms with Gasteiger partial charge in [0.15, 0.2) is 0 Å². The summed E-state index contributed by atoms with van der Waals surface area (Å²) in [4.78, 5) is 7.88. The normalized spacial score (nSPS) is 12.8. The van der Waals surface area contributed by atoms with E-state index in [4.69, 9.17) is 16.3 Å². The standard InChI is InChI=1S/C8H11ClN2O2/c1-13-5-7(12)2-8-10-3-6(9)4-11-8/h3-4,7,12H,2,5H2,1H3. The van der Waals surface area contributed by atoms with Crippen LogP contribution in [0.5, 0.6) is 0 Å². The summed E-state index contributed by atoms with van der Waals surface area (Å²) in [6.45, 7) is 0.284. The predicted molar refractivity (Wildman–Crippen MR) is 48.6 cm³/mol. The first kappa shape index (κ1) is 10.4. The molecule has 1 rings (SSSR count). The highest BCUT2D eigenvalue weighted by Crippen LogP contribution is 2.04. The van der Waals surface area contributed by atoms with E-state index in [1.807, 2.05) is 0 Å². The second-order valence-corrected chi connectivity index (χ2v) is 3.07. The molecule has 0 aliphatic rings. The topological polar surface area (TPSA) is 55.2 Å². The molecular formula is C8H11ClN2O2. The molecule has 0 saturated heterocycles. The molecule has 1 N–H and O–H groups in total. The lowest BCUT2D eigenvalue weighted by Crippen LogP contribution is -2.18. The monoisotopic (exact) mass is 202 g/mol. The molecule has 0 radical (unpaired) electrons. The highest BCUT2D eigenvalue weighted by molar-refractivity contribution is 6.30. The van der Waals surface area contributed by atoms with Crippen molar-refractivity contribution in [2.45, 2.75) is 12.5 Å². The maximum absolute atomic E-state index is 9.33. The summed E-state index contributed by atoms with van der Waals surface area (Å²) in [5.74, 6) is 0.564. The van der Waals surface area contributed by atoms with Gasteiger partial charge in [0, 0.05) is 25.9 Å². The van der Waals surface area contributed by atoms with Crippen molar-refractivity contribution in [3.63, 3.8) is 0 Å². The van der Waals surface area contributed by atoms with E-state index in [2.05, 4.69) is 9.97 Å². The van der Waals surface area contributed by atoms with Crippen LogP contribution in [0.25, 0.3) is 0 Å². The Labute approximate surface area is 81.5 Å². The summed E-state index contributed by atoms with van der Waals surface area (Å²) in [5, 5.41) is 9.82. The van der Waals surface area contributed by atoms with Gasteiger partial charge in [-0.25, -0.2) is 9.97 Å². The summed E-state index contributed by atoms with van der Waals surface area (Å²) in [5.41, 5.74) is 0. The van der Waals surface area contributed by atoms with Gasteiger partial charge in [-0.2, -0.15) is 0 Å². The number of hydrogen-bond donors (Lipinski definition) is 1. The highest BCUT2D eigenvalue weighted by atomic mass is 35.5. The van der Waals surface area contributed by atoms with Crippen LogP contribution in [0, 0.1) is 0 Å². The Morgan fingerprint density at radius 1 is 1.54 bits per heavy atom. The van der Waals surface area contributed by atoms with E-state index in [9.17, 15) is 5.11 Å². The van der Waals surface area contributed by atoms with Crippen molar-refractivity contribution in [3.05, 3.63) is 23.2 Å². The molecular weight excluding hydrogens is 192 g/mol. The van der Waals surface area contributed by atoms with Crippen LogP contribution in [0.4, 0.5) is 0 Å². The van der Waals surface area contributed by atoms with E-state index in [0.717, 1.165) is 0 Å². The van der Waals surface area contributed by atoms with Crippen molar-refractivity contribution in [2.75, 3.05) is 13.7 Å². The Hall–Kier alpha value is -0.710. The zero-order valence-corrected chi connectivity index (χ0v) is 8.03. The number of aliphatic hydroxyl groups is 1. The van der Waals surface area contributed by atoms with Gasteiger partial charge in [-0.1, -0.05) is 11.6 Å². The summed E-state index contributed by atoms with van der Waals surface area (Å²) >= 11 is 5.60. The fraction of sp³-hybridized carbons (Fsp3) is 0.500.